The Hall–Kier alpha value is -3.79. The molecule has 38 heavy (non-hydrogen) atoms. The van der Waals surface area contributed by atoms with Crippen LogP contribution in [-0.4, -0.2) is 73.0 Å². The molecule has 0 aliphatic carbocycles. The average molecular weight is 512 g/mol. The smallest absolute Gasteiger partial charge is 0.227 e. The van der Waals surface area contributed by atoms with E-state index in [1.165, 1.54) is 0 Å². The van der Waals surface area contributed by atoms with Gasteiger partial charge in [0.25, 0.3) is 0 Å². The number of pyridine rings is 1. The van der Waals surface area contributed by atoms with E-state index in [2.05, 4.69) is 55.9 Å². The minimum atomic E-state index is -0.0599. The Morgan fingerprint density at radius 1 is 1.00 bits per heavy atom. The number of fused-ring (bicyclic) bond motifs is 1. The second-order valence-electron chi connectivity index (χ2n) is 9.67. The fraction of sp³-hybridized carbons (Fsp3) is 0.345. The van der Waals surface area contributed by atoms with Crippen LogP contribution in [-0.2, 0) is 4.74 Å². The van der Waals surface area contributed by atoms with Gasteiger partial charge < -0.3 is 30.3 Å². The summed E-state index contributed by atoms with van der Waals surface area (Å²) >= 11 is 0. The fourth-order valence-corrected chi connectivity index (χ4v) is 4.93. The highest BCUT2D eigenvalue weighted by Gasteiger charge is 2.22. The van der Waals surface area contributed by atoms with Crippen molar-refractivity contribution in [2.75, 3.05) is 56.1 Å². The molecule has 3 N–H and O–H groups in total. The summed E-state index contributed by atoms with van der Waals surface area (Å²) in [6.07, 6.45) is 3.67. The van der Waals surface area contributed by atoms with Crippen molar-refractivity contribution in [1.29, 1.82) is 0 Å². The van der Waals surface area contributed by atoms with Crippen molar-refractivity contribution >= 4 is 28.4 Å². The third-order valence-corrected chi connectivity index (χ3v) is 7.00. The molecule has 4 aromatic rings. The van der Waals surface area contributed by atoms with Gasteiger partial charge in [0.05, 0.1) is 24.0 Å². The topological polar surface area (TPSA) is 96.5 Å². The van der Waals surface area contributed by atoms with Gasteiger partial charge in [-0.3, -0.25) is 0 Å². The number of morpholine rings is 1. The largest absolute Gasteiger partial charge is 0.488 e. The molecule has 0 radical (unpaired) electrons. The monoisotopic (exact) mass is 511 g/mol. The molecule has 6 rings (SSSR count). The number of ether oxygens (including phenoxy) is 2. The van der Waals surface area contributed by atoms with Gasteiger partial charge in [0.2, 0.25) is 5.95 Å². The van der Waals surface area contributed by atoms with Crippen molar-refractivity contribution in [1.82, 2.24) is 25.6 Å². The molecule has 2 aliphatic rings. The second-order valence-corrected chi connectivity index (χ2v) is 9.67. The Kier molecular flexibility index (Phi) is 7.30. The normalized spacial score (nSPS) is 18.8. The van der Waals surface area contributed by atoms with Crippen molar-refractivity contribution in [2.45, 2.75) is 19.1 Å². The summed E-state index contributed by atoms with van der Waals surface area (Å²) < 4.78 is 12.1. The Morgan fingerprint density at radius 3 is 2.71 bits per heavy atom. The molecule has 2 aliphatic heterocycles. The molecule has 0 bridgehead atoms. The maximum atomic E-state index is 6.26. The first-order valence-electron chi connectivity index (χ1n) is 13.3. The van der Waals surface area contributed by atoms with Crippen LogP contribution >= 0.6 is 0 Å². The van der Waals surface area contributed by atoms with Gasteiger partial charge in [0.15, 0.2) is 0 Å². The van der Waals surface area contributed by atoms with Crippen LogP contribution in [0.4, 0.5) is 17.5 Å². The molecular formula is C29H33N7O2. The summed E-state index contributed by atoms with van der Waals surface area (Å²) in [6, 6.07) is 18.4. The van der Waals surface area contributed by atoms with Crippen molar-refractivity contribution in [3.8, 4) is 16.9 Å². The van der Waals surface area contributed by atoms with Gasteiger partial charge in [-0.25, -0.2) is 15.0 Å². The number of hydrogen-bond donors (Lipinski definition) is 3. The highest BCUT2D eigenvalue weighted by molar-refractivity contribution is 5.94. The van der Waals surface area contributed by atoms with Crippen LogP contribution in [0.3, 0.4) is 0 Å². The Labute approximate surface area is 222 Å². The first kappa shape index (κ1) is 24.5. The van der Waals surface area contributed by atoms with Crippen molar-refractivity contribution in [3.63, 3.8) is 0 Å². The molecule has 2 aromatic carbocycles. The van der Waals surface area contributed by atoms with E-state index in [0.717, 1.165) is 78.6 Å². The number of piperazine rings is 1. The van der Waals surface area contributed by atoms with Crippen LogP contribution in [0.1, 0.15) is 6.92 Å². The molecule has 196 valence electrons. The molecule has 9 nitrogen and oxygen atoms in total. The summed E-state index contributed by atoms with van der Waals surface area (Å²) in [4.78, 5) is 16.4. The molecular weight excluding hydrogens is 478 g/mol. The maximum absolute atomic E-state index is 6.26. The van der Waals surface area contributed by atoms with E-state index in [9.17, 15) is 0 Å². The van der Waals surface area contributed by atoms with Crippen LogP contribution in [0, 0.1) is 0 Å². The van der Waals surface area contributed by atoms with E-state index in [1.807, 2.05) is 48.8 Å². The molecule has 0 amide bonds. The SMILES string of the molecule is CC(Oc1cccc(-c2cccc3cnc(Nc4ccc(N5CCNCC5)nc4)nc23)c1)C1CNCCO1. The zero-order valence-corrected chi connectivity index (χ0v) is 21.6. The van der Waals surface area contributed by atoms with Crippen molar-refractivity contribution in [2.24, 2.45) is 0 Å². The van der Waals surface area contributed by atoms with E-state index >= 15 is 0 Å². The quantitative estimate of drug-likeness (QED) is 0.344. The third-order valence-electron chi connectivity index (χ3n) is 7.00. The third kappa shape index (κ3) is 5.55. The number of anilines is 3. The number of nitrogens with zero attached hydrogens (tertiary/aromatic N) is 4. The molecule has 2 atom stereocenters. The Bertz CT molecular complexity index is 1370. The Morgan fingerprint density at radius 2 is 1.89 bits per heavy atom. The van der Waals surface area contributed by atoms with Gasteiger partial charge in [-0.2, -0.15) is 0 Å². The lowest BCUT2D eigenvalue weighted by Gasteiger charge is -2.29. The van der Waals surface area contributed by atoms with Crippen LogP contribution in [0.25, 0.3) is 22.0 Å². The number of nitrogens with one attached hydrogen (secondary N) is 3. The fourth-order valence-electron chi connectivity index (χ4n) is 4.93. The second kappa shape index (κ2) is 11.3. The lowest BCUT2D eigenvalue weighted by Crippen LogP contribution is -2.46. The van der Waals surface area contributed by atoms with Gasteiger partial charge in [-0.15, -0.1) is 0 Å². The molecule has 4 heterocycles. The predicted octanol–water partition coefficient (Wildman–Crippen LogP) is 3.60. The van der Waals surface area contributed by atoms with Gasteiger partial charge in [-0.1, -0.05) is 30.3 Å². The van der Waals surface area contributed by atoms with Crippen molar-refractivity contribution in [3.05, 3.63) is 67.0 Å². The summed E-state index contributed by atoms with van der Waals surface area (Å²) in [5, 5.41) is 11.0. The molecule has 0 spiro atoms. The standard InChI is InChI=1S/C29H33N7O2/c1-20(26-19-31-12-15-37-26)38-24-6-2-4-21(16-24)25-7-3-5-22-17-33-29(35-28(22)25)34-23-8-9-27(32-18-23)36-13-10-30-11-14-36/h2-9,16-18,20,26,30-31H,10-15,19H2,1H3,(H,33,34,35). The summed E-state index contributed by atoms with van der Waals surface area (Å²) in [5.41, 5.74) is 3.79. The van der Waals surface area contributed by atoms with Crippen LogP contribution < -0.4 is 25.6 Å². The summed E-state index contributed by atoms with van der Waals surface area (Å²) in [5.74, 6) is 2.33. The van der Waals surface area contributed by atoms with E-state index < -0.39 is 0 Å². The van der Waals surface area contributed by atoms with Crippen LogP contribution in [0.15, 0.2) is 67.0 Å². The summed E-state index contributed by atoms with van der Waals surface area (Å²) in [6.45, 7) is 8.34. The number of rotatable bonds is 7. The molecule has 2 aromatic heterocycles. The number of benzene rings is 2. The van der Waals surface area contributed by atoms with Gasteiger partial charge in [0.1, 0.15) is 23.8 Å². The predicted molar refractivity (Wildman–Crippen MR) is 150 cm³/mol. The van der Waals surface area contributed by atoms with Crippen LogP contribution in [0.5, 0.6) is 5.75 Å². The maximum Gasteiger partial charge on any atom is 0.227 e. The van der Waals surface area contributed by atoms with Crippen LogP contribution in [0.2, 0.25) is 0 Å². The van der Waals surface area contributed by atoms with E-state index in [0.29, 0.717) is 12.6 Å². The van der Waals surface area contributed by atoms with Gasteiger partial charge in [0, 0.05) is 56.4 Å². The molecule has 2 fully saturated rings. The first-order chi connectivity index (χ1) is 18.7. The highest BCUT2D eigenvalue weighted by atomic mass is 16.5. The lowest BCUT2D eigenvalue weighted by molar-refractivity contribution is -0.0350. The van der Waals surface area contributed by atoms with Gasteiger partial charge >= 0.3 is 0 Å². The van der Waals surface area contributed by atoms with E-state index in [-0.39, 0.29) is 12.2 Å². The number of para-hydroxylation sites is 1. The number of aromatic nitrogens is 3. The zero-order chi connectivity index (χ0) is 25.7. The highest BCUT2D eigenvalue weighted by Crippen LogP contribution is 2.31. The molecule has 2 saturated heterocycles. The van der Waals surface area contributed by atoms with Crippen molar-refractivity contribution < 1.29 is 9.47 Å². The minimum Gasteiger partial charge on any atom is -0.488 e. The van der Waals surface area contributed by atoms with Gasteiger partial charge in [-0.05, 0) is 36.8 Å². The zero-order valence-electron chi connectivity index (χ0n) is 21.6. The minimum absolute atomic E-state index is 0.0340. The first-order valence-corrected chi connectivity index (χ1v) is 13.3. The number of hydrogen-bond acceptors (Lipinski definition) is 9. The average Bonchev–Trinajstić information content (AvgIpc) is 2.98. The van der Waals surface area contributed by atoms with E-state index in [1.54, 1.807) is 0 Å². The Balaban J connectivity index is 1.22. The summed E-state index contributed by atoms with van der Waals surface area (Å²) in [7, 11) is 0. The molecule has 9 heteroatoms. The molecule has 0 saturated carbocycles. The lowest BCUT2D eigenvalue weighted by atomic mass is 10.0. The van der Waals surface area contributed by atoms with E-state index in [4.69, 9.17) is 14.5 Å². The molecule has 2 unspecified atom stereocenters.